The van der Waals surface area contributed by atoms with Gasteiger partial charge < -0.3 is 5.32 Å². The van der Waals surface area contributed by atoms with Gasteiger partial charge in [-0.05, 0) is 66.2 Å². The number of fused-ring (bicyclic) bond motifs is 7. The van der Waals surface area contributed by atoms with E-state index in [2.05, 4.69) is 11.4 Å². The first-order valence-electron chi connectivity index (χ1n) is 8.93. The maximum absolute atomic E-state index is 11.2. The van der Waals surface area contributed by atoms with Gasteiger partial charge >= 0.3 is 0 Å². The van der Waals surface area contributed by atoms with E-state index in [1.54, 1.807) is 12.1 Å². The van der Waals surface area contributed by atoms with E-state index in [0.717, 1.165) is 21.8 Å². The molecule has 0 unspecified atom stereocenters. The van der Waals surface area contributed by atoms with E-state index in [0.29, 0.717) is 23.7 Å². The molecule has 2 bridgehead atoms. The van der Waals surface area contributed by atoms with Crippen molar-refractivity contribution >= 4 is 23.0 Å². The molecule has 3 aliphatic rings. The van der Waals surface area contributed by atoms with E-state index in [1.807, 2.05) is 24.3 Å². The molecule has 1 N–H and O–H groups in total. The lowest BCUT2D eigenvalue weighted by molar-refractivity contribution is -0.384. The van der Waals surface area contributed by atoms with E-state index >= 15 is 0 Å². The summed E-state index contributed by atoms with van der Waals surface area (Å²) in [6, 6.07) is 13.5. The second kappa shape index (κ2) is 5.46. The van der Waals surface area contributed by atoms with Gasteiger partial charge in [-0.1, -0.05) is 29.8 Å². The van der Waals surface area contributed by atoms with Crippen LogP contribution in [0.5, 0.6) is 0 Å². The minimum atomic E-state index is -0.289. The Hall–Kier alpha value is -2.07. The molecule has 0 aromatic heterocycles. The van der Waals surface area contributed by atoms with Crippen LogP contribution >= 0.6 is 11.6 Å². The second-order valence-electron chi connectivity index (χ2n) is 7.61. The van der Waals surface area contributed by atoms with Crippen molar-refractivity contribution in [2.45, 2.75) is 31.2 Å². The number of nitro benzene ring substituents is 1. The van der Waals surface area contributed by atoms with E-state index in [4.69, 9.17) is 11.6 Å². The Bertz CT molecular complexity index is 869. The van der Waals surface area contributed by atoms with Crippen LogP contribution in [0.4, 0.5) is 11.4 Å². The highest BCUT2D eigenvalue weighted by Crippen LogP contribution is 2.64. The fraction of sp³-hybridized carbons (Fsp3) is 0.400. The van der Waals surface area contributed by atoms with Gasteiger partial charge in [0.1, 0.15) is 0 Å². The number of rotatable bonds is 2. The Labute approximate surface area is 151 Å². The molecule has 0 radical (unpaired) electrons. The predicted molar refractivity (Wildman–Crippen MR) is 98.0 cm³/mol. The Morgan fingerprint density at radius 2 is 1.88 bits per heavy atom. The highest BCUT2D eigenvalue weighted by Gasteiger charge is 2.54. The zero-order valence-corrected chi connectivity index (χ0v) is 14.4. The first-order valence-corrected chi connectivity index (χ1v) is 9.30. The second-order valence-corrected chi connectivity index (χ2v) is 8.02. The zero-order valence-electron chi connectivity index (χ0n) is 13.7. The molecule has 5 heteroatoms. The van der Waals surface area contributed by atoms with E-state index in [9.17, 15) is 10.1 Å². The van der Waals surface area contributed by atoms with Gasteiger partial charge in [0, 0.05) is 22.8 Å². The van der Waals surface area contributed by atoms with E-state index in [1.165, 1.54) is 19.3 Å². The fourth-order valence-electron chi connectivity index (χ4n) is 5.62. The van der Waals surface area contributed by atoms with Crippen LogP contribution in [0.15, 0.2) is 42.5 Å². The summed E-state index contributed by atoms with van der Waals surface area (Å²) in [4.78, 5) is 10.9. The van der Waals surface area contributed by atoms with Crippen molar-refractivity contribution in [3.05, 3.63) is 68.7 Å². The number of benzene rings is 2. The van der Waals surface area contributed by atoms with Gasteiger partial charge in [-0.15, -0.1) is 0 Å². The van der Waals surface area contributed by atoms with Crippen LogP contribution < -0.4 is 5.32 Å². The zero-order chi connectivity index (χ0) is 17.1. The highest BCUT2D eigenvalue weighted by molar-refractivity contribution is 6.31. The summed E-state index contributed by atoms with van der Waals surface area (Å²) in [6.07, 6.45) is 3.74. The van der Waals surface area contributed by atoms with Crippen molar-refractivity contribution in [2.75, 3.05) is 5.32 Å². The molecule has 0 spiro atoms. The number of non-ortho nitro benzene ring substituents is 1. The number of halogens is 1. The number of nitrogens with one attached hydrogen (secondary N) is 1. The van der Waals surface area contributed by atoms with Crippen molar-refractivity contribution in [3.63, 3.8) is 0 Å². The molecule has 4 nitrogen and oxygen atoms in total. The van der Waals surface area contributed by atoms with Crippen LogP contribution in [0, 0.1) is 27.9 Å². The standard InChI is InChI=1S/C20H19ClN2O2/c21-16-4-2-1-3-14(16)20-19-12-6-5-11(9-12)18(19)15-10-13(23(24)25)7-8-17(15)22-20/h1-4,7-8,10-12,18-20,22H,5-6,9H2/t11-,12-,18+,19+,20-/m0/s1. The number of hydrogen-bond donors (Lipinski definition) is 1. The van der Waals surface area contributed by atoms with Crippen molar-refractivity contribution in [2.24, 2.45) is 17.8 Å². The lowest BCUT2D eigenvalue weighted by atomic mass is 9.68. The molecule has 1 aliphatic heterocycles. The molecule has 2 aromatic carbocycles. The molecule has 2 aliphatic carbocycles. The summed E-state index contributed by atoms with van der Waals surface area (Å²) < 4.78 is 0. The third kappa shape index (κ3) is 2.20. The van der Waals surface area contributed by atoms with Crippen LogP contribution in [0.3, 0.4) is 0 Å². The first kappa shape index (κ1) is 15.2. The van der Waals surface area contributed by atoms with Crippen LogP contribution in [-0.2, 0) is 0 Å². The number of anilines is 1. The molecule has 128 valence electrons. The average molecular weight is 355 g/mol. The molecule has 2 saturated carbocycles. The summed E-state index contributed by atoms with van der Waals surface area (Å²) >= 11 is 6.51. The minimum Gasteiger partial charge on any atom is -0.378 e. The molecular formula is C20H19ClN2O2. The van der Waals surface area contributed by atoms with Gasteiger partial charge in [-0.25, -0.2) is 0 Å². The van der Waals surface area contributed by atoms with Gasteiger partial charge in [-0.3, -0.25) is 10.1 Å². The molecule has 5 atom stereocenters. The van der Waals surface area contributed by atoms with Gasteiger partial charge in [0.05, 0.1) is 11.0 Å². The van der Waals surface area contributed by atoms with Gasteiger partial charge in [-0.2, -0.15) is 0 Å². The molecular weight excluding hydrogens is 336 g/mol. The van der Waals surface area contributed by atoms with Gasteiger partial charge in [0.15, 0.2) is 0 Å². The van der Waals surface area contributed by atoms with Crippen LogP contribution in [-0.4, -0.2) is 4.92 Å². The number of hydrogen-bond acceptors (Lipinski definition) is 3. The average Bonchev–Trinajstić information content (AvgIpc) is 3.23. The van der Waals surface area contributed by atoms with Crippen molar-refractivity contribution in [1.29, 1.82) is 0 Å². The SMILES string of the molecule is O=[N+]([O-])c1ccc2c(c1)[C@H]1[C@H]3CC[C@@H](C3)[C@H]1[C@H](c1ccccc1Cl)N2. The predicted octanol–water partition coefficient (Wildman–Crippen LogP) is 5.54. The van der Waals surface area contributed by atoms with Crippen LogP contribution in [0.1, 0.15) is 42.3 Å². The lowest BCUT2D eigenvalue weighted by Crippen LogP contribution is -2.35. The summed E-state index contributed by atoms with van der Waals surface area (Å²) in [5, 5.41) is 15.7. The van der Waals surface area contributed by atoms with Gasteiger partial charge in [0.2, 0.25) is 0 Å². The minimum absolute atomic E-state index is 0.183. The third-order valence-corrected chi connectivity index (χ3v) is 6.87. The number of nitrogens with zero attached hydrogens (tertiary/aromatic N) is 1. The monoisotopic (exact) mass is 354 g/mol. The smallest absolute Gasteiger partial charge is 0.269 e. The molecule has 2 fully saturated rings. The summed E-state index contributed by atoms with van der Waals surface area (Å²) in [5.41, 5.74) is 3.51. The topological polar surface area (TPSA) is 55.2 Å². The molecule has 25 heavy (non-hydrogen) atoms. The van der Waals surface area contributed by atoms with Crippen LogP contribution in [0.25, 0.3) is 0 Å². The van der Waals surface area contributed by atoms with Crippen molar-refractivity contribution < 1.29 is 4.92 Å². The van der Waals surface area contributed by atoms with E-state index in [-0.39, 0.29) is 16.7 Å². The Kier molecular flexibility index (Phi) is 3.32. The summed E-state index contributed by atoms with van der Waals surface area (Å²) in [7, 11) is 0. The third-order valence-electron chi connectivity index (χ3n) is 6.52. The Morgan fingerprint density at radius 1 is 1.08 bits per heavy atom. The largest absolute Gasteiger partial charge is 0.378 e. The lowest BCUT2D eigenvalue weighted by Gasteiger charge is -2.43. The normalized spacial score (nSPS) is 32.0. The molecule has 1 heterocycles. The first-order chi connectivity index (χ1) is 12.1. The molecule has 2 aromatic rings. The molecule has 5 rings (SSSR count). The van der Waals surface area contributed by atoms with Gasteiger partial charge in [0.25, 0.3) is 5.69 Å². The molecule has 0 amide bonds. The highest BCUT2D eigenvalue weighted by atomic mass is 35.5. The Balaban J connectivity index is 1.65. The Morgan fingerprint density at radius 3 is 2.68 bits per heavy atom. The van der Waals surface area contributed by atoms with Crippen LogP contribution in [0.2, 0.25) is 5.02 Å². The molecule has 0 saturated heterocycles. The summed E-state index contributed by atoms with van der Waals surface area (Å²) in [5.74, 6) is 2.18. The summed E-state index contributed by atoms with van der Waals surface area (Å²) in [6.45, 7) is 0. The van der Waals surface area contributed by atoms with Crippen molar-refractivity contribution in [3.8, 4) is 0 Å². The maximum Gasteiger partial charge on any atom is 0.269 e. The fourth-order valence-corrected chi connectivity index (χ4v) is 5.88. The number of nitro groups is 1. The maximum atomic E-state index is 11.2. The quantitative estimate of drug-likeness (QED) is 0.568. The van der Waals surface area contributed by atoms with E-state index < -0.39 is 0 Å². The van der Waals surface area contributed by atoms with Crippen molar-refractivity contribution in [1.82, 2.24) is 0 Å².